The van der Waals surface area contributed by atoms with Crippen molar-refractivity contribution >= 4 is 11.7 Å². The van der Waals surface area contributed by atoms with E-state index in [1.165, 1.54) is 5.57 Å². The lowest BCUT2D eigenvalue weighted by Gasteiger charge is -2.49. The van der Waals surface area contributed by atoms with Crippen LogP contribution >= 0.6 is 0 Å². The standard InChI is InChI=1S/C31H43NO7/c1-18-7-6-8-23-17-36-28-27(32-35)21(4)14-26(31(23,28)34)29(33)37-25-15-24(10-9-19(2)13-18)39-30(16-25)12-11-20(3)22(5)38-30/h6-9,14,18,20,22,24-26,28,34-35H,10-13,15-17H2,1-5H3/t18-,20-,22+,24+,25-,26-,28+,30-,31+/m0/s1. The number of hydrogen-bond acceptors (Lipinski definition) is 8. The fourth-order valence-electron chi connectivity index (χ4n) is 6.85. The third kappa shape index (κ3) is 5.41. The number of hydrogen-bond donors (Lipinski definition) is 2. The second-order valence-electron chi connectivity index (χ2n) is 12.4. The smallest absolute Gasteiger partial charge is 0.316 e. The number of aliphatic hydroxyl groups is 1. The van der Waals surface area contributed by atoms with E-state index in [4.69, 9.17) is 18.9 Å². The summed E-state index contributed by atoms with van der Waals surface area (Å²) < 4.78 is 25.3. The van der Waals surface area contributed by atoms with Crippen molar-refractivity contribution < 1.29 is 34.1 Å². The molecule has 5 aliphatic rings. The van der Waals surface area contributed by atoms with Crippen molar-refractivity contribution in [3.63, 3.8) is 0 Å². The van der Waals surface area contributed by atoms with E-state index in [-0.39, 0.29) is 30.4 Å². The summed E-state index contributed by atoms with van der Waals surface area (Å²) in [4.78, 5) is 13.9. The van der Waals surface area contributed by atoms with Crippen LogP contribution in [0.1, 0.15) is 73.1 Å². The molecule has 1 spiro atoms. The summed E-state index contributed by atoms with van der Waals surface area (Å²) in [7, 11) is 0. The first-order valence-electron chi connectivity index (χ1n) is 14.4. The Morgan fingerprint density at radius 1 is 1.13 bits per heavy atom. The van der Waals surface area contributed by atoms with Gasteiger partial charge in [-0.25, -0.2) is 0 Å². The number of nitrogens with zero attached hydrogens (tertiary/aromatic N) is 1. The molecule has 39 heavy (non-hydrogen) atoms. The third-order valence-electron chi connectivity index (χ3n) is 9.25. The van der Waals surface area contributed by atoms with Crippen LogP contribution in [0, 0.1) is 17.8 Å². The summed E-state index contributed by atoms with van der Waals surface area (Å²) >= 11 is 0. The Hall–Kier alpha value is -2.26. The predicted molar refractivity (Wildman–Crippen MR) is 146 cm³/mol. The van der Waals surface area contributed by atoms with Gasteiger partial charge in [-0.15, -0.1) is 0 Å². The zero-order valence-electron chi connectivity index (χ0n) is 23.8. The van der Waals surface area contributed by atoms with Crippen LogP contribution in [0.5, 0.6) is 0 Å². The van der Waals surface area contributed by atoms with Gasteiger partial charge < -0.3 is 29.3 Å². The zero-order valence-corrected chi connectivity index (χ0v) is 23.8. The number of rotatable bonds is 0. The Balaban J connectivity index is 1.53. The Bertz CT molecular complexity index is 1120. The van der Waals surface area contributed by atoms with Crippen LogP contribution in [0.3, 0.4) is 0 Å². The van der Waals surface area contributed by atoms with E-state index in [1.807, 2.05) is 12.2 Å². The van der Waals surface area contributed by atoms with E-state index < -0.39 is 35.5 Å². The summed E-state index contributed by atoms with van der Waals surface area (Å²) in [5.74, 6) is -1.62. The van der Waals surface area contributed by atoms with Gasteiger partial charge >= 0.3 is 5.97 Å². The normalized spacial score (nSPS) is 44.4. The Kier molecular flexibility index (Phi) is 7.94. The van der Waals surface area contributed by atoms with Gasteiger partial charge in [0.05, 0.1) is 18.8 Å². The van der Waals surface area contributed by atoms with Gasteiger partial charge in [-0.2, -0.15) is 0 Å². The second kappa shape index (κ2) is 11.0. The fourth-order valence-corrected chi connectivity index (χ4v) is 6.85. The highest BCUT2D eigenvalue weighted by Gasteiger charge is 2.59. The quantitative estimate of drug-likeness (QED) is 0.192. The van der Waals surface area contributed by atoms with E-state index in [2.05, 4.69) is 45.0 Å². The number of carbonyl (C=O) groups excluding carboxylic acids is 1. The molecule has 2 N–H and O–H groups in total. The van der Waals surface area contributed by atoms with Crippen molar-refractivity contribution in [1.29, 1.82) is 0 Å². The van der Waals surface area contributed by atoms with Crippen molar-refractivity contribution in [3.8, 4) is 0 Å². The van der Waals surface area contributed by atoms with Crippen molar-refractivity contribution in [1.82, 2.24) is 0 Å². The maximum Gasteiger partial charge on any atom is 0.316 e. The predicted octanol–water partition coefficient (Wildman–Crippen LogP) is 5.00. The molecule has 0 aromatic heterocycles. The molecule has 0 aromatic rings. The van der Waals surface area contributed by atoms with Gasteiger partial charge in [0.1, 0.15) is 29.4 Å². The first-order chi connectivity index (χ1) is 18.5. The zero-order chi connectivity index (χ0) is 27.9. The highest BCUT2D eigenvalue weighted by molar-refractivity contribution is 6.06. The SMILES string of the molecule is CC1=CC[C@@H]2C[C@@H](C[C@]3(CC[C@H](C)[C@@H](C)O3)O2)OC(=O)[C@@H]2C=C(C)C(=NO)[C@H]3OCC(=CC=C[C@H](C)C1)[C@]32O. The summed E-state index contributed by atoms with van der Waals surface area (Å²) in [6.07, 6.45) is 12.6. The summed E-state index contributed by atoms with van der Waals surface area (Å²) in [6, 6.07) is 0. The van der Waals surface area contributed by atoms with Crippen LogP contribution in [0.25, 0.3) is 0 Å². The first-order valence-corrected chi connectivity index (χ1v) is 14.4. The number of fused-ring (bicyclic) bond motifs is 2. The molecule has 1 aliphatic carbocycles. The molecule has 0 unspecified atom stereocenters. The number of oxime groups is 1. The highest BCUT2D eigenvalue weighted by Crippen LogP contribution is 2.46. The molecule has 4 heterocycles. The Labute approximate surface area is 231 Å². The minimum atomic E-state index is -1.72. The minimum Gasteiger partial charge on any atom is -0.462 e. The van der Waals surface area contributed by atoms with Gasteiger partial charge in [-0.1, -0.05) is 55.0 Å². The van der Waals surface area contributed by atoms with Gasteiger partial charge in [0, 0.05) is 19.3 Å². The highest BCUT2D eigenvalue weighted by atomic mass is 16.7. The molecule has 0 saturated carbocycles. The summed E-state index contributed by atoms with van der Waals surface area (Å²) in [5, 5.41) is 25.2. The Morgan fingerprint density at radius 3 is 2.67 bits per heavy atom. The molecule has 214 valence electrons. The molecule has 3 fully saturated rings. The molecule has 8 heteroatoms. The average Bonchev–Trinajstić information content (AvgIpc) is 3.21. The van der Waals surface area contributed by atoms with Crippen LogP contribution in [-0.4, -0.2) is 64.4 Å². The summed E-state index contributed by atoms with van der Waals surface area (Å²) in [6.45, 7) is 10.4. The molecular formula is C31H43NO7. The molecule has 0 aromatic carbocycles. The van der Waals surface area contributed by atoms with Gasteiger partial charge in [0.15, 0.2) is 5.79 Å². The maximum absolute atomic E-state index is 13.9. The van der Waals surface area contributed by atoms with Crippen LogP contribution in [0.4, 0.5) is 0 Å². The van der Waals surface area contributed by atoms with E-state index in [0.717, 1.165) is 19.3 Å². The van der Waals surface area contributed by atoms with Gasteiger partial charge in [0.2, 0.25) is 0 Å². The molecule has 0 amide bonds. The lowest BCUT2D eigenvalue weighted by atomic mass is 9.71. The second-order valence-corrected chi connectivity index (χ2v) is 12.4. The number of allylic oxidation sites excluding steroid dienone is 4. The van der Waals surface area contributed by atoms with Crippen LogP contribution < -0.4 is 0 Å². The molecule has 4 aliphatic heterocycles. The molecule has 9 atom stereocenters. The molecular weight excluding hydrogens is 498 g/mol. The molecule has 0 radical (unpaired) electrons. The fraction of sp³-hybridized carbons (Fsp3) is 0.677. The van der Waals surface area contributed by atoms with Gasteiger partial charge in [-0.3, -0.25) is 4.79 Å². The molecule has 3 saturated heterocycles. The minimum absolute atomic E-state index is 0.0431. The van der Waals surface area contributed by atoms with E-state index in [9.17, 15) is 15.1 Å². The maximum atomic E-state index is 13.9. The Morgan fingerprint density at radius 2 is 1.92 bits per heavy atom. The van der Waals surface area contributed by atoms with Crippen molar-refractivity contribution in [3.05, 3.63) is 47.1 Å². The third-order valence-corrected chi connectivity index (χ3v) is 9.25. The molecule has 8 nitrogen and oxygen atoms in total. The number of esters is 1. The monoisotopic (exact) mass is 541 g/mol. The lowest BCUT2D eigenvalue weighted by Crippen LogP contribution is -2.57. The van der Waals surface area contributed by atoms with E-state index in [0.29, 0.717) is 36.3 Å². The van der Waals surface area contributed by atoms with Gasteiger partial charge in [-0.05, 0) is 63.0 Å². The van der Waals surface area contributed by atoms with Crippen LogP contribution in [0.2, 0.25) is 0 Å². The molecule has 2 bridgehead atoms. The van der Waals surface area contributed by atoms with Gasteiger partial charge in [0.25, 0.3) is 0 Å². The van der Waals surface area contributed by atoms with Crippen molar-refractivity contribution in [2.24, 2.45) is 22.9 Å². The largest absolute Gasteiger partial charge is 0.462 e. The topological polar surface area (TPSA) is 107 Å². The summed E-state index contributed by atoms with van der Waals surface area (Å²) in [5.41, 5.74) is 0.916. The average molecular weight is 542 g/mol. The lowest BCUT2D eigenvalue weighted by molar-refractivity contribution is -0.332. The van der Waals surface area contributed by atoms with Crippen molar-refractivity contribution in [2.75, 3.05) is 6.61 Å². The first kappa shape index (κ1) is 28.3. The van der Waals surface area contributed by atoms with Crippen LogP contribution in [-0.2, 0) is 23.7 Å². The van der Waals surface area contributed by atoms with Crippen molar-refractivity contribution in [2.45, 2.75) is 109 Å². The number of carbonyl (C=O) groups is 1. The number of ether oxygens (including phenoxy) is 4. The van der Waals surface area contributed by atoms with E-state index >= 15 is 0 Å². The van der Waals surface area contributed by atoms with Crippen LogP contribution in [0.15, 0.2) is 52.3 Å². The molecule has 5 rings (SSSR count). The van der Waals surface area contributed by atoms with E-state index in [1.54, 1.807) is 13.0 Å².